The first-order chi connectivity index (χ1) is 14.4. The predicted octanol–water partition coefficient (Wildman–Crippen LogP) is 4.89. The van der Waals surface area contributed by atoms with Crippen molar-refractivity contribution in [1.29, 1.82) is 0 Å². The van der Waals surface area contributed by atoms with Crippen molar-refractivity contribution >= 4 is 33.4 Å². The van der Waals surface area contributed by atoms with Gasteiger partial charge >= 0.3 is 0 Å². The Morgan fingerprint density at radius 2 is 1.90 bits per heavy atom. The minimum absolute atomic E-state index is 0.113. The summed E-state index contributed by atoms with van der Waals surface area (Å²) in [7, 11) is -3.83. The Kier molecular flexibility index (Phi) is 6.74. The summed E-state index contributed by atoms with van der Waals surface area (Å²) in [5, 5.41) is 2.84. The van der Waals surface area contributed by atoms with Gasteiger partial charge in [0.15, 0.2) is 0 Å². The molecule has 0 aliphatic carbocycles. The van der Waals surface area contributed by atoms with Crippen LogP contribution in [0.3, 0.4) is 0 Å². The van der Waals surface area contributed by atoms with Crippen LogP contribution < -0.4 is 14.8 Å². The third-order valence-electron chi connectivity index (χ3n) is 5.19. The zero-order valence-electron chi connectivity index (χ0n) is 18.8. The van der Waals surface area contributed by atoms with E-state index in [2.05, 4.69) is 10.0 Å². The smallest absolute Gasteiger partial charge is 0.241 e. The largest absolute Gasteiger partial charge is 0.487 e. The van der Waals surface area contributed by atoms with Gasteiger partial charge in [0.1, 0.15) is 11.4 Å². The highest BCUT2D eigenvalue weighted by molar-refractivity contribution is 7.98. The van der Waals surface area contributed by atoms with Gasteiger partial charge < -0.3 is 10.1 Å². The van der Waals surface area contributed by atoms with Crippen LogP contribution in [-0.4, -0.2) is 26.2 Å². The van der Waals surface area contributed by atoms with Crippen molar-refractivity contribution in [1.82, 2.24) is 4.72 Å². The SMILES string of the molecule is CSc1ccc(S(=O)(=O)N[C@H]2CC(C)(C)Oc3cc(C)ccc32)cc1NC(=O)C(C)C. The van der Waals surface area contributed by atoms with Crippen molar-refractivity contribution in [3.05, 3.63) is 47.5 Å². The molecule has 3 rings (SSSR count). The summed E-state index contributed by atoms with van der Waals surface area (Å²) < 4.78 is 35.5. The van der Waals surface area contributed by atoms with Crippen LogP contribution in [0.1, 0.15) is 51.3 Å². The molecule has 6 nitrogen and oxygen atoms in total. The van der Waals surface area contributed by atoms with Crippen LogP contribution in [0.2, 0.25) is 0 Å². The van der Waals surface area contributed by atoms with Gasteiger partial charge in [0.2, 0.25) is 15.9 Å². The third-order valence-corrected chi connectivity index (χ3v) is 7.45. The van der Waals surface area contributed by atoms with Crippen LogP contribution in [0.4, 0.5) is 5.69 Å². The number of nitrogens with one attached hydrogen (secondary N) is 2. The van der Waals surface area contributed by atoms with Gasteiger partial charge in [0, 0.05) is 22.8 Å². The molecule has 1 aliphatic heterocycles. The van der Waals surface area contributed by atoms with E-state index in [9.17, 15) is 13.2 Å². The van der Waals surface area contributed by atoms with Crippen molar-refractivity contribution in [3.63, 3.8) is 0 Å². The second-order valence-corrected chi connectivity index (χ2v) is 11.3. The van der Waals surface area contributed by atoms with Crippen molar-refractivity contribution in [2.45, 2.75) is 62.5 Å². The average Bonchev–Trinajstić information content (AvgIpc) is 2.66. The zero-order valence-corrected chi connectivity index (χ0v) is 20.4. The number of sulfonamides is 1. The standard InChI is InChI=1S/C23H30N2O4S2/c1-14(2)22(26)24-18-12-16(8-10-21(18)30-6)31(27,28)25-19-13-23(4,5)29-20-11-15(3)7-9-17(19)20/h7-12,14,19,25H,13H2,1-6H3,(H,24,26)/t19-/m0/s1. The Balaban J connectivity index is 1.95. The fraction of sp³-hybridized carbons (Fsp3) is 0.435. The summed E-state index contributed by atoms with van der Waals surface area (Å²) in [6, 6.07) is 10.2. The van der Waals surface area contributed by atoms with Crippen molar-refractivity contribution in [2.75, 3.05) is 11.6 Å². The van der Waals surface area contributed by atoms with Crippen LogP contribution in [0.5, 0.6) is 5.75 Å². The van der Waals surface area contributed by atoms with Crippen LogP contribution in [0.15, 0.2) is 46.2 Å². The average molecular weight is 463 g/mol. The molecule has 31 heavy (non-hydrogen) atoms. The number of thioether (sulfide) groups is 1. The predicted molar refractivity (Wildman–Crippen MR) is 125 cm³/mol. The topological polar surface area (TPSA) is 84.5 Å². The molecule has 1 atom stereocenters. The highest BCUT2D eigenvalue weighted by Crippen LogP contribution is 2.40. The highest BCUT2D eigenvalue weighted by Gasteiger charge is 2.36. The molecule has 0 saturated carbocycles. The van der Waals surface area contributed by atoms with Crippen molar-refractivity contribution in [2.24, 2.45) is 5.92 Å². The Hall–Kier alpha value is -2.03. The number of hydrogen-bond donors (Lipinski definition) is 2. The van der Waals surface area contributed by atoms with Crippen LogP contribution in [-0.2, 0) is 14.8 Å². The fourth-order valence-electron chi connectivity index (χ4n) is 3.55. The van der Waals surface area contributed by atoms with E-state index in [4.69, 9.17) is 4.74 Å². The van der Waals surface area contributed by atoms with E-state index >= 15 is 0 Å². The Labute approximate surface area is 189 Å². The quantitative estimate of drug-likeness (QED) is 0.597. The molecule has 0 saturated heterocycles. The first-order valence-electron chi connectivity index (χ1n) is 10.2. The lowest BCUT2D eigenvalue weighted by atomic mass is 9.90. The van der Waals surface area contributed by atoms with Gasteiger partial charge in [0.25, 0.3) is 0 Å². The summed E-state index contributed by atoms with van der Waals surface area (Å²) in [6.07, 6.45) is 2.39. The Bertz CT molecular complexity index is 1090. The first kappa shape index (κ1) is 23.6. The molecule has 0 spiro atoms. The molecule has 8 heteroatoms. The number of ether oxygens (including phenoxy) is 1. The first-order valence-corrected chi connectivity index (χ1v) is 12.9. The zero-order chi connectivity index (χ0) is 23.0. The number of anilines is 1. The molecular formula is C23H30N2O4S2. The summed E-state index contributed by atoms with van der Waals surface area (Å²) in [6.45, 7) is 9.47. The number of benzene rings is 2. The second kappa shape index (κ2) is 8.84. The fourth-order valence-corrected chi connectivity index (χ4v) is 5.32. The van der Waals surface area contributed by atoms with Gasteiger partial charge in [-0.2, -0.15) is 0 Å². The maximum absolute atomic E-state index is 13.3. The van der Waals surface area contributed by atoms with Gasteiger partial charge in [-0.1, -0.05) is 26.0 Å². The van der Waals surface area contributed by atoms with E-state index in [1.54, 1.807) is 26.0 Å². The normalized spacial score (nSPS) is 17.7. The van der Waals surface area contributed by atoms with E-state index in [1.165, 1.54) is 17.8 Å². The number of fused-ring (bicyclic) bond motifs is 1. The molecule has 0 aromatic heterocycles. The van der Waals surface area contributed by atoms with Gasteiger partial charge in [-0.05, 0) is 56.9 Å². The van der Waals surface area contributed by atoms with Gasteiger partial charge in [0.05, 0.1) is 16.6 Å². The molecule has 1 amide bonds. The van der Waals surface area contributed by atoms with E-state index in [1.807, 2.05) is 45.2 Å². The minimum Gasteiger partial charge on any atom is -0.487 e. The van der Waals surface area contributed by atoms with Gasteiger partial charge in [-0.25, -0.2) is 13.1 Å². The molecule has 2 aromatic rings. The monoisotopic (exact) mass is 462 g/mol. The number of rotatable bonds is 6. The van der Waals surface area contributed by atoms with Crippen LogP contribution >= 0.6 is 11.8 Å². The maximum atomic E-state index is 13.3. The molecule has 1 heterocycles. The number of aryl methyl sites for hydroxylation is 1. The van der Waals surface area contributed by atoms with E-state index in [-0.39, 0.29) is 16.7 Å². The summed E-state index contributed by atoms with van der Waals surface area (Å²) in [5.74, 6) is 0.331. The number of carbonyl (C=O) groups is 1. The molecule has 2 N–H and O–H groups in total. The molecule has 0 unspecified atom stereocenters. The molecule has 0 radical (unpaired) electrons. The van der Waals surface area contributed by atoms with Gasteiger partial charge in [-0.15, -0.1) is 11.8 Å². The second-order valence-electron chi connectivity index (χ2n) is 8.79. The lowest BCUT2D eigenvalue weighted by Crippen LogP contribution is -2.41. The third kappa shape index (κ3) is 5.42. The van der Waals surface area contributed by atoms with Crippen LogP contribution in [0.25, 0.3) is 0 Å². The Morgan fingerprint density at radius 3 is 2.55 bits per heavy atom. The molecule has 1 aliphatic rings. The molecule has 0 bridgehead atoms. The van der Waals surface area contributed by atoms with Gasteiger partial charge in [-0.3, -0.25) is 4.79 Å². The van der Waals surface area contributed by atoms with Crippen LogP contribution in [0, 0.1) is 12.8 Å². The van der Waals surface area contributed by atoms with E-state index in [0.29, 0.717) is 17.9 Å². The molecule has 0 fully saturated rings. The maximum Gasteiger partial charge on any atom is 0.241 e. The van der Waals surface area contributed by atoms with Crippen molar-refractivity contribution in [3.8, 4) is 5.75 Å². The summed E-state index contributed by atoms with van der Waals surface area (Å²) in [4.78, 5) is 13.1. The lowest BCUT2D eigenvalue weighted by molar-refractivity contribution is -0.118. The highest BCUT2D eigenvalue weighted by atomic mass is 32.2. The summed E-state index contributed by atoms with van der Waals surface area (Å²) >= 11 is 1.45. The summed E-state index contributed by atoms with van der Waals surface area (Å²) in [5.41, 5.74) is 1.86. The minimum atomic E-state index is -3.83. The number of carbonyl (C=O) groups excluding carboxylic acids is 1. The Morgan fingerprint density at radius 1 is 1.19 bits per heavy atom. The molecule has 168 valence electrons. The van der Waals surface area contributed by atoms with Crippen molar-refractivity contribution < 1.29 is 17.9 Å². The molecule has 2 aromatic carbocycles. The van der Waals surface area contributed by atoms with E-state index < -0.39 is 21.7 Å². The number of amides is 1. The number of hydrogen-bond acceptors (Lipinski definition) is 5. The van der Waals surface area contributed by atoms with E-state index in [0.717, 1.165) is 16.0 Å². The lowest BCUT2D eigenvalue weighted by Gasteiger charge is -2.38. The molecular weight excluding hydrogens is 432 g/mol.